The molecule has 7 N–H and O–H groups in total. The molecule has 15 nitrogen and oxygen atoms in total. The third-order valence-corrected chi connectivity index (χ3v) is 18.6. The monoisotopic (exact) mass is 1350 g/mol. The van der Waals surface area contributed by atoms with Gasteiger partial charge in [-0.15, -0.1) is 0 Å². The first-order valence-corrected chi connectivity index (χ1v) is 35.1. The van der Waals surface area contributed by atoms with E-state index in [1.807, 2.05) is 48.5 Å². The molecule has 0 spiro atoms. The van der Waals surface area contributed by atoms with Crippen molar-refractivity contribution >= 4 is 165 Å². The zero-order valence-electron chi connectivity index (χ0n) is 39.9. The number of methoxy groups -OCH3 is 2. The molecule has 74 heavy (non-hydrogen) atoms. The molecule has 0 saturated carbocycles. The fourth-order valence-electron chi connectivity index (χ4n) is 6.11. The van der Waals surface area contributed by atoms with E-state index in [0.29, 0.717) is 59.7 Å². The summed E-state index contributed by atoms with van der Waals surface area (Å²) in [4.78, 5) is 45.8. The molecule has 24 heteroatoms. The second-order valence-electron chi connectivity index (χ2n) is 15.8. The van der Waals surface area contributed by atoms with E-state index in [1.54, 1.807) is 87.8 Å². The summed E-state index contributed by atoms with van der Waals surface area (Å²) in [7, 11) is 3.16. The van der Waals surface area contributed by atoms with Crippen LogP contribution in [0.5, 0.6) is 11.8 Å². The fraction of sp³-hybridized carbons (Fsp3) is 0.100. The normalized spacial score (nSPS) is 10.4. The van der Waals surface area contributed by atoms with Gasteiger partial charge in [0.05, 0.1) is 50.8 Å². The Balaban J connectivity index is 0.000000167. The van der Waals surface area contributed by atoms with Gasteiger partial charge < -0.3 is 31.7 Å². The van der Waals surface area contributed by atoms with Crippen LogP contribution >= 0.6 is 104 Å². The van der Waals surface area contributed by atoms with Crippen molar-refractivity contribution in [3.8, 4) is 34.0 Å². The molecule has 0 fully saturated rings. The summed E-state index contributed by atoms with van der Waals surface area (Å²) in [6.07, 6.45) is 14.6. The number of hydrogen-bond acceptors (Lipinski definition) is 14. The van der Waals surface area contributed by atoms with Crippen molar-refractivity contribution in [3.05, 3.63) is 180 Å². The average molecular weight is 1350 g/mol. The molecule has 0 radical (unpaired) electrons. The molecule has 10 aromatic rings. The fourth-order valence-corrected chi connectivity index (χ4v) is 13.5. The average Bonchev–Trinajstić information content (AvgIpc) is 3.76. The van der Waals surface area contributed by atoms with Gasteiger partial charge in [-0.25, -0.2) is 39.9 Å². The van der Waals surface area contributed by atoms with Crippen LogP contribution in [-0.2, 0) is 0 Å². The minimum atomic E-state index is -2.07. The van der Waals surface area contributed by atoms with Gasteiger partial charge in [-0.1, -0.05) is 58.0 Å². The molecule has 0 aliphatic carbocycles. The van der Waals surface area contributed by atoms with Crippen LogP contribution in [0.1, 0.15) is 0 Å². The van der Waals surface area contributed by atoms with Crippen LogP contribution in [0, 0.1) is 3.57 Å². The number of nitrogens with zero attached hydrogens (tertiary/aromatic N) is 9. The molecule has 10 heterocycles. The number of nitrogens with two attached hydrogens (primary N) is 3. The van der Waals surface area contributed by atoms with Gasteiger partial charge >= 0.3 is 87.4 Å². The maximum atomic E-state index is 6.06. The van der Waals surface area contributed by atoms with Gasteiger partial charge in [-0.3, -0.25) is 0 Å². The maximum absolute atomic E-state index is 6.06. The molecule has 0 aliphatic heterocycles. The third-order valence-electron chi connectivity index (χ3n) is 9.67. The minimum absolute atomic E-state index is 0.373. The van der Waals surface area contributed by atoms with Gasteiger partial charge in [-0.05, 0) is 89.3 Å². The summed E-state index contributed by atoms with van der Waals surface area (Å²) in [5.74, 6) is 2.56. The predicted octanol–water partition coefficient (Wildman–Crippen LogP) is 14.1. The summed E-state index contributed by atoms with van der Waals surface area (Å²) >= 11 is 40.6. The molecule has 10 rings (SSSR count). The Kier molecular flexibility index (Phi) is 23.5. The number of fused-ring (bicyclic) bond motifs is 3. The molecule has 0 saturated heterocycles. The summed E-state index contributed by atoms with van der Waals surface area (Å²) in [6.45, 7) is 0. The van der Waals surface area contributed by atoms with Crippen LogP contribution in [-0.4, -0.2) is 82.4 Å². The summed E-state index contributed by atoms with van der Waals surface area (Å²) in [6, 6.07) is 25.5. The van der Waals surface area contributed by atoms with Gasteiger partial charge in [0, 0.05) is 82.3 Å². The van der Waals surface area contributed by atoms with E-state index < -0.39 is 18.4 Å². The van der Waals surface area contributed by atoms with Crippen molar-refractivity contribution < 1.29 is 9.47 Å². The number of nitrogens with one attached hydrogen (secondary N) is 1. The number of anilines is 3. The number of pyridine rings is 9. The van der Waals surface area contributed by atoms with Crippen LogP contribution in [0.25, 0.3) is 44.2 Å². The van der Waals surface area contributed by atoms with E-state index in [-0.39, 0.29) is 0 Å². The molecule has 10 aromatic heterocycles. The van der Waals surface area contributed by atoms with E-state index in [1.165, 1.54) is 22.2 Å². The van der Waals surface area contributed by atoms with E-state index in [9.17, 15) is 0 Å². The molecule has 382 valence electrons. The van der Waals surface area contributed by atoms with E-state index in [4.69, 9.17) is 108 Å². The summed E-state index contributed by atoms with van der Waals surface area (Å²) in [5.41, 5.74) is 21.8. The molecule has 0 atom stereocenters. The van der Waals surface area contributed by atoms with Gasteiger partial charge in [-0.2, -0.15) is 0 Å². The van der Waals surface area contributed by atoms with Gasteiger partial charge in [0.15, 0.2) is 0 Å². The Morgan fingerprint density at radius 2 is 0.973 bits per heavy atom. The quantitative estimate of drug-likeness (QED) is 0.0714. The number of aromatic nitrogens is 10. The zero-order valence-corrected chi connectivity index (χ0v) is 50.2. The Labute approximate surface area is 479 Å². The van der Waals surface area contributed by atoms with Crippen molar-refractivity contribution in [3.63, 3.8) is 0 Å². The second-order valence-corrected chi connectivity index (χ2v) is 34.1. The number of halogens is 8. The second kappa shape index (κ2) is 29.1. The summed E-state index contributed by atoms with van der Waals surface area (Å²) in [5, 5.41) is 5.95. The van der Waals surface area contributed by atoms with Crippen LogP contribution in [0.2, 0.25) is 50.4 Å². The Morgan fingerprint density at radius 3 is 1.49 bits per heavy atom. The number of aromatic amines is 1. The van der Waals surface area contributed by atoms with Crippen molar-refractivity contribution in [2.45, 2.75) is 14.8 Å². The van der Waals surface area contributed by atoms with Crippen molar-refractivity contribution in [1.82, 2.24) is 49.8 Å². The first kappa shape index (κ1) is 59.6. The van der Waals surface area contributed by atoms with Crippen LogP contribution in [0.3, 0.4) is 0 Å². The number of rotatable bonds is 5. The SMILES string of the molecule is COc1cc(-c2cccnc2N)c(Cl)cn1.COc1cc2c(cn1)[nH]c1ncccc12.Clc1ccc(Cl)nc1.Nc1ncccc1-c1cc(Cl)ncc1Cl.Nc1ncccc1I.[CH3][Sn]([CH3])([CH3])[c]1cc(Cl)ncc1Cl. The van der Waals surface area contributed by atoms with Crippen LogP contribution in [0.15, 0.2) is 141 Å². The number of hydrogen-bond donors (Lipinski definition) is 4. The zero-order chi connectivity index (χ0) is 54.0. The Bertz CT molecular complexity index is 3390. The molecule has 0 aromatic carbocycles. The Hall–Kier alpha value is -5.29. The molecule has 0 bridgehead atoms. The molecular weight excluding hydrogens is 1310 g/mol. The van der Waals surface area contributed by atoms with Crippen molar-refractivity contribution in [2.24, 2.45) is 0 Å². The topological polar surface area (TPSA) is 228 Å². The molecule has 0 amide bonds. The van der Waals surface area contributed by atoms with Gasteiger partial charge in [0.1, 0.15) is 33.4 Å². The van der Waals surface area contributed by atoms with E-state index in [2.05, 4.69) is 87.2 Å². The van der Waals surface area contributed by atoms with Crippen LogP contribution < -0.4 is 30.3 Å². The van der Waals surface area contributed by atoms with E-state index in [0.717, 1.165) is 52.8 Å². The Morgan fingerprint density at radius 1 is 0.473 bits per heavy atom. The summed E-state index contributed by atoms with van der Waals surface area (Å²) < 4.78 is 12.4. The molecule has 0 unspecified atom stereocenters. The number of H-pyrrole nitrogens is 1. The first-order chi connectivity index (χ1) is 35.3. The standard InChI is InChI=1S/C11H10ClN3O.C11H9N3O.C10H7Cl2N3.C5H3Cl2N.C5H2Cl2N.C5H5IN2.3CH3.Sn/c1-16-10-5-8(9(12)6-15-10)7-3-2-4-14-11(7)13;1-15-10-5-8-7-3-2-4-12-11(7)14-9(8)6-13-10;11-8-5-15-9(12)4-7(8)6-2-1-3-14-10(6)13;2*6-4-1-2-5(7)8-3-4;6-4-2-1-3-8-5(4)7;;;;/h2-6H,1H3,(H2,13,14);2-6H,1H3,(H,12,14);1-5H,(H2,13,14);1-3H;2-3H;1-3H,(H2,7,8);3*1H3;. The number of nitrogen functional groups attached to an aromatic ring is 3. The molecule has 0 aliphatic rings. The first-order valence-electron chi connectivity index (χ1n) is 21.4. The molecular formula is C50H45Cl7IN13O2Sn. The van der Waals surface area contributed by atoms with Gasteiger partial charge in [0.2, 0.25) is 11.8 Å². The number of ether oxygens (including phenoxy) is 2. The van der Waals surface area contributed by atoms with Crippen LogP contribution in [0.4, 0.5) is 17.5 Å². The van der Waals surface area contributed by atoms with Gasteiger partial charge in [0.25, 0.3) is 0 Å². The van der Waals surface area contributed by atoms with E-state index >= 15 is 0 Å². The van der Waals surface area contributed by atoms with Crippen molar-refractivity contribution in [2.75, 3.05) is 31.4 Å². The third kappa shape index (κ3) is 17.9. The van der Waals surface area contributed by atoms with Crippen molar-refractivity contribution in [1.29, 1.82) is 0 Å². The predicted molar refractivity (Wildman–Crippen MR) is 316 cm³/mol.